The quantitative estimate of drug-likeness (QED) is 0.101. The summed E-state index contributed by atoms with van der Waals surface area (Å²) in [6, 6.07) is 33.7. The molecule has 0 spiro atoms. The second-order valence-corrected chi connectivity index (χ2v) is 32.1. The van der Waals surface area contributed by atoms with Crippen molar-refractivity contribution >= 4 is 31.9 Å². The molecular formula is C64H93Cl2N2PRu. The molecule has 4 fully saturated rings. The van der Waals surface area contributed by atoms with E-state index in [1.807, 2.05) is 34.9 Å². The molecule has 5 aliphatic carbocycles. The van der Waals surface area contributed by atoms with Gasteiger partial charge < -0.3 is 0 Å². The van der Waals surface area contributed by atoms with Crippen LogP contribution in [0.1, 0.15) is 206 Å². The summed E-state index contributed by atoms with van der Waals surface area (Å²) in [6.07, 6.45) is 33.5. The number of allylic oxidation sites excluding steroid dienone is 2. The molecule has 6 heteroatoms. The Labute approximate surface area is 443 Å². The summed E-state index contributed by atoms with van der Waals surface area (Å²) in [4.78, 5) is 5.39. The van der Waals surface area contributed by atoms with Crippen LogP contribution in [0.2, 0.25) is 0 Å². The Morgan fingerprint density at radius 2 is 1.03 bits per heavy atom. The van der Waals surface area contributed by atoms with Crippen LogP contribution in [0.3, 0.4) is 0 Å². The molecule has 0 bridgehead atoms. The standard InChI is InChI=1S/C39H54N2.C18H33P.C7H6.2ClH.Ru/c1-26(2)32-21-15-23-34(36(32)28(5)6)40-25-41(35-24-16-22-33(27(3)4)37(35)29(7)8)39(31-19-13-10-14-20-31)38(40)30-17-11-9-12-18-30;1-4-10-16(11-5-1)19(17-12-6-2-7-13-17)18-14-8-3-9-15-18;1-7-5-3-2-4-6-7;;;/h9-15,17-20,23,26-29,32,34-36,38-39H,16,21-22,24H2,1-8H3;16-18H,1-15H2;1-6H;2*1H;/q;;;;;+2/p-2/t32?,34?,35?,36?,38-,39-;;;;;/m1...../s1. The normalized spacial score (nSPS) is 26.9. The predicted octanol–water partition coefficient (Wildman–Crippen LogP) is 19.3. The van der Waals surface area contributed by atoms with Gasteiger partial charge in [0.05, 0.1) is 12.1 Å². The van der Waals surface area contributed by atoms with E-state index in [0.717, 1.165) is 5.56 Å². The third-order valence-corrected chi connectivity index (χ3v) is 23.2. The van der Waals surface area contributed by atoms with Gasteiger partial charge >= 0.3 is 73.4 Å². The van der Waals surface area contributed by atoms with Crippen molar-refractivity contribution in [2.75, 3.05) is 0 Å². The summed E-state index contributed by atoms with van der Waals surface area (Å²) in [5.41, 5.74) is 10.8. The Bertz CT molecular complexity index is 2000. The summed E-state index contributed by atoms with van der Waals surface area (Å²) in [6.45, 7) is 23.6. The monoisotopic (exact) mass is 1090 g/mol. The number of halogens is 2. The van der Waals surface area contributed by atoms with E-state index in [9.17, 15) is 0 Å². The van der Waals surface area contributed by atoms with Gasteiger partial charge in [-0.1, -0.05) is 205 Å². The minimum absolute atomic E-state index is 0.207. The number of nitrogens with zero attached hydrogens (tertiary/aromatic N) is 2. The minimum atomic E-state index is -1.61. The van der Waals surface area contributed by atoms with Crippen LogP contribution in [0.15, 0.2) is 114 Å². The maximum atomic E-state index is 5.67. The van der Waals surface area contributed by atoms with Crippen LogP contribution < -0.4 is 0 Å². The average molecular weight is 1090 g/mol. The Hall–Kier alpha value is -1.44. The van der Waals surface area contributed by atoms with Crippen molar-refractivity contribution in [1.29, 1.82) is 0 Å². The molecule has 9 rings (SSSR count). The van der Waals surface area contributed by atoms with Gasteiger partial charge in [0.15, 0.2) is 0 Å². The molecule has 6 atom stereocenters. The van der Waals surface area contributed by atoms with E-state index in [-0.39, 0.29) is 12.1 Å². The number of hydrogen-bond donors (Lipinski definition) is 0. The topological polar surface area (TPSA) is 6.48 Å². The molecule has 0 amide bonds. The van der Waals surface area contributed by atoms with Gasteiger partial charge in [0.1, 0.15) is 6.67 Å². The van der Waals surface area contributed by atoms with Crippen molar-refractivity contribution in [3.8, 4) is 0 Å². The molecule has 0 aromatic heterocycles. The summed E-state index contributed by atoms with van der Waals surface area (Å²) in [5.74, 6) is 3.66. The van der Waals surface area contributed by atoms with Crippen LogP contribution in [0, 0.1) is 42.2 Å². The van der Waals surface area contributed by atoms with Crippen LogP contribution in [-0.4, -0.2) is 43.5 Å². The number of rotatable bonds is 12. The number of benzene rings is 3. The Morgan fingerprint density at radius 1 is 0.557 bits per heavy atom. The SMILES string of the molecule is C1CCC(P(C2CCCCC2)C2CCCCC2)CC1.CC(C)C1=C(C(C)C)C(N2[C]N(C3C=CCC(C(C)C)C3C(C)C)[C@H](c3ccccc3)[C@H]2c2ccccc2)CCC1.[Cl][Ru]([Cl])=[CH]c1ccccc1. The third-order valence-electron chi connectivity index (χ3n) is 17.3. The molecule has 3 aromatic carbocycles. The van der Waals surface area contributed by atoms with Gasteiger partial charge in [-0.25, -0.2) is 0 Å². The zero-order valence-corrected chi connectivity index (χ0v) is 48.9. The molecule has 1 heterocycles. The van der Waals surface area contributed by atoms with Gasteiger partial charge in [0.25, 0.3) is 0 Å². The van der Waals surface area contributed by atoms with Gasteiger partial charge in [-0.15, -0.1) is 0 Å². The molecule has 2 radical (unpaired) electrons. The summed E-state index contributed by atoms with van der Waals surface area (Å²) in [5, 5.41) is 0. The van der Waals surface area contributed by atoms with Crippen molar-refractivity contribution in [2.24, 2.45) is 35.5 Å². The molecule has 70 heavy (non-hydrogen) atoms. The number of hydrogen-bond acceptors (Lipinski definition) is 2. The first-order valence-electron chi connectivity index (χ1n) is 28.4. The van der Waals surface area contributed by atoms with Gasteiger partial charge in [0.2, 0.25) is 0 Å². The maximum absolute atomic E-state index is 5.67. The van der Waals surface area contributed by atoms with Crippen LogP contribution in [0.5, 0.6) is 0 Å². The van der Waals surface area contributed by atoms with E-state index in [1.165, 1.54) is 73.0 Å². The van der Waals surface area contributed by atoms with Gasteiger partial charge in [-0.05, 0) is 128 Å². The molecule has 1 saturated heterocycles. The van der Waals surface area contributed by atoms with Crippen molar-refractivity contribution in [3.05, 3.63) is 138 Å². The molecule has 386 valence electrons. The van der Waals surface area contributed by atoms with E-state index in [2.05, 4.69) is 145 Å². The average Bonchev–Trinajstić information content (AvgIpc) is 3.78. The van der Waals surface area contributed by atoms with Crippen LogP contribution in [0.25, 0.3) is 0 Å². The molecular weight excluding hydrogens is 1000 g/mol. The van der Waals surface area contributed by atoms with Crippen molar-refractivity contribution < 1.29 is 13.5 Å². The van der Waals surface area contributed by atoms with Crippen molar-refractivity contribution in [1.82, 2.24) is 9.80 Å². The van der Waals surface area contributed by atoms with Crippen molar-refractivity contribution in [2.45, 2.75) is 219 Å². The fourth-order valence-corrected chi connectivity index (χ4v) is 20.7. The Balaban J connectivity index is 0.000000202. The van der Waals surface area contributed by atoms with E-state index < -0.39 is 13.5 Å². The fourth-order valence-electron chi connectivity index (χ4n) is 14.2. The molecule has 1 aliphatic heterocycles. The third kappa shape index (κ3) is 14.9. The molecule has 3 aromatic rings. The van der Waals surface area contributed by atoms with E-state index in [4.69, 9.17) is 19.4 Å². The van der Waals surface area contributed by atoms with E-state index >= 15 is 0 Å². The summed E-state index contributed by atoms with van der Waals surface area (Å²) in [7, 11) is 11.7. The van der Waals surface area contributed by atoms with Crippen molar-refractivity contribution in [3.63, 3.8) is 0 Å². The summed E-state index contributed by atoms with van der Waals surface area (Å²) >= 11 is -1.61. The molecule has 0 N–H and O–H groups in total. The van der Waals surface area contributed by atoms with Crippen LogP contribution in [0.4, 0.5) is 0 Å². The zero-order valence-electron chi connectivity index (χ0n) is 44.8. The first-order chi connectivity index (χ1) is 33.9. The molecule has 4 unspecified atom stereocenters. The zero-order chi connectivity index (χ0) is 49.6. The molecule has 6 aliphatic rings. The van der Waals surface area contributed by atoms with E-state index in [1.54, 1.807) is 88.2 Å². The van der Waals surface area contributed by atoms with Gasteiger partial charge in [-0.3, -0.25) is 9.80 Å². The predicted molar refractivity (Wildman–Crippen MR) is 305 cm³/mol. The summed E-state index contributed by atoms with van der Waals surface area (Å²) < 4.78 is 1.92. The van der Waals surface area contributed by atoms with Gasteiger partial charge in [-0.2, -0.15) is 0 Å². The van der Waals surface area contributed by atoms with Crippen LogP contribution in [-0.2, 0) is 13.5 Å². The first-order valence-corrected chi connectivity index (χ1v) is 35.4. The second-order valence-electron chi connectivity index (χ2n) is 23.2. The Morgan fingerprint density at radius 3 is 1.46 bits per heavy atom. The molecule has 3 saturated carbocycles. The fraction of sp³-hybridized carbons (Fsp3) is 0.625. The van der Waals surface area contributed by atoms with E-state index in [0.29, 0.717) is 55.5 Å². The van der Waals surface area contributed by atoms with Gasteiger partial charge in [0, 0.05) is 12.1 Å². The second kappa shape index (κ2) is 28.5. The molecule has 2 nitrogen and oxygen atoms in total. The van der Waals surface area contributed by atoms with Crippen LogP contribution >= 0.6 is 27.3 Å². The Kier molecular flexibility index (Phi) is 22.9. The first kappa shape index (κ1) is 56.3.